The van der Waals surface area contributed by atoms with Crippen LogP contribution in [0.5, 0.6) is 0 Å². The zero-order valence-electron chi connectivity index (χ0n) is 8.54. The van der Waals surface area contributed by atoms with Crippen molar-refractivity contribution in [2.45, 2.75) is 19.7 Å². The minimum atomic E-state index is 0.595. The average molecular weight is 292 g/mol. The first-order valence-corrected chi connectivity index (χ1v) is 8.43. The number of hydrogen-bond donors (Lipinski definition) is 0. The highest BCUT2D eigenvalue weighted by molar-refractivity contribution is 8.02. The molecule has 0 aliphatic heterocycles. The smallest absolute Gasteiger partial charge is 0.276 e. The van der Waals surface area contributed by atoms with Crippen LogP contribution in [-0.4, -0.2) is 32.9 Å². The van der Waals surface area contributed by atoms with Gasteiger partial charge in [-0.2, -0.15) is 0 Å². The maximum atomic E-state index is 5.36. The third-order valence-electron chi connectivity index (χ3n) is 1.50. The maximum Gasteiger partial charge on any atom is 0.276 e. The zero-order valence-corrected chi connectivity index (χ0v) is 11.8. The Hall–Kier alpha value is -0.250. The molecule has 0 spiro atoms. The number of nitrogens with zero attached hydrogens (tertiary/aromatic N) is 4. The summed E-state index contributed by atoms with van der Waals surface area (Å²) in [5.74, 6) is 1.26. The molecule has 0 aliphatic carbocycles. The predicted molar refractivity (Wildman–Crippen MR) is 67.3 cm³/mol. The highest BCUT2D eigenvalue weighted by atomic mass is 32.2. The fraction of sp³-hybridized carbons (Fsp3) is 0.429. The topological polar surface area (TPSA) is 64.7 Å². The maximum absolute atomic E-state index is 5.36. The largest absolute Gasteiger partial charge is 0.415 e. The second-order valence-electron chi connectivity index (χ2n) is 2.49. The van der Waals surface area contributed by atoms with Crippen LogP contribution in [0.2, 0.25) is 0 Å². The Morgan fingerprint density at radius 3 is 2.50 bits per heavy atom. The molecule has 0 fully saturated rings. The third kappa shape index (κ3) is 3.12. The van der Waals surface area contributed by atoms with Crippen LogP contribution in [-0.2, 0) is 5.75 Å². The SMILES string of the molecule is CSc1nnc(CSc2nnc(SC)s2)o1. The van der Waals surface area contributed by atoms with Crippen molar-refractivity contribution in [3.05, 3.63) is 5.89 Å². The second kappa shape index (κ2) is 5.89. The molecule has 0 aliphatic rings. The molecule has 0 unspecified atom stereocenters. The lowest BCUT2D eigenvalue weighted by Gasteiger charge is -1.89. The molecule has 0 N–H and O–H groups in total. The van der Waals surface area contributed by atoms with Crippen molar-refractivity contribution in [2.75, 3.05) is 12.5 Å². The summed E-state index contributed by atoms with van der Waals surface area (Å²) in [6.45, 7) is 0. The molecule has 0 bridgehead atoms. The van der Waals surface area contributed by atoms with E-state index in [1.165, 1.54) is 11.8 Å². The Morgan fingerprint density at radius 2 is 1.88 bits per heavy atom. The predicted octanol–water partition coefficient (Wildman–Crippen LogP) is 2.66. The number of hydrogen-bond acceptors (Lipinski definition) is 9. The number of rotatable bonds is 5. The van der Waals surface area contributed by atoms with E-state index in [1.54, 1.807) is 34.9 Å². The molecule has 9 heteroatoms. The van der Waals surface area contributed by atoms with E-state index in [0.717, 1.165) is 8.68 Å². The van der Waals surface area contributed by atoms with Crippen molar-refractivity contribution in [1.29, 1.82) is 0 Å². The first-order valence-electron chi connectivity index (χ1n) is 4.18. The highest BCUT2D eigenvalue weighted by Gasteiger charge is 2.08. The lowest BCUT2D eigenvalue weighted by Crippen LogP contribution is -1.79. The molecule has 86 valence electrons. The van der Waals surface area contributed by atoms with E-state index in [2.05, 4.69) is 20.4 Å². The molecule has 2 rings (SSSR count). The Labute approximate surface area is 109 Å². The van der Waals surface area contributed by atoms with Gasteiger partial charge in [0.1, 0.15) is 0 Å². The summed E-state index contributed by atoms with van der Waals surface area (Å²) in [4.78, 5) is 0. The monoisotopic (exact) mass is 292 g/mol. The van der Waals surface area contributed by atoms with Crippen LogP contribution in [0.4, 0.5) is 0 Å². The summed E-state index contributed by atoms with van der Waals surface area (Å²) in [7, 11) is 0. The molecule has 16 heavy (non-hydrogen) atoms. The van der Waals surface area contributed by atoms with Gasteiger partial charge in [-0.1, -0.05) is 46.6 Å². The summed E-state index contributed by atoms with van der Waals surface area (Å²) in [6.07, 6.45) is 3.89. The number of thioether (sulfide) groups is 3. The number of aromatic nitrogens is 4. The van der Waals surface area contributed by atoms with Gasteiger partial charge in [0.15, 0.2) is 8.68 Å². The van der Waals surface area contributed by atoms with Crippen molar-refractivity contribution in [1.82, 2.24) is 20.4 Å². The Morgan fingerprint density at radius 1 is 1.06 bits per heavy atom. The van der Waals surface area contributed by atoms with E-state index >= 15 is 0 Å². The molecular formula is C7H8N4OS4. The molecule has 2 heterocycles. The van der Waals surface area contributed by atoms with E-state index in [-0.39, 0.29) is 0 Å². The minimum Gasteiger partial charge on any atom is -0.415 e. The van der Waals surface area contributed by atoms with Gasteiger partial charge in [0.25, 0.3) is 5.22 Å². The van der Waals surface area contributed by atoms with Crippen molar-refractivity contribution in [3.63, 3.8) is 0 Å². The van der Waals surface area contributed by atoms with Gasteiger partial charge in [-0.05, 0) is 12.5 Å². The highest BCUT2D eigenvalue weighted by Crippen LogP contribution is 2.29. The van der Waals surface area contributed by atoms with Gasteiger partial charge in [0.2, 0.25) is 5.89 Å². The van der Waals surface area contributed by atoms with Gasteiger partial charge in [0, 0.05) is 0 Å². The fourth-order valence-electron chi connectivity index (χ4n) is 0.840. The molecule has 5 nitrogen and oxygen atoms in total. The van der Waals surface area contributed by atoms with Gasteiger partial charge < -0.3 is 4.42 Å². The van der Waals surface area contributed by atoms with Crippen LogP contribution in [0.15, 0.2) is 18.3 Å². The van der Waals surface area contributed by atoms with Crippen molar-refractivity contribution in [3.8, 4) is 0 Å². The fourth-order valence-corrected chi connectivity index (χ4v) is 3.42. The van der Waals surface area contributed by atoms with Crippen LogP contribution in [0.25, 0.3) is 0 Å². The van der Waals surface area contributed by atoms with Gasteiger partial charge in [-0.25, -0.2) is 0 Å². The Balaban J connectivity index is 1.91. The quantitative estimate of drug-likeness (QED) is 0.779. The molecule has 0 atom stereocenters. The summed E-state index contributed by atoms with van der Waals surface area (Å²) in [6, 6.07) is 0. The Kier molecular flexibility index (Phi) is 4.50. The standard InChI is InChI=1S/C7H8N4OS4/c1-13-5-9-8-4(12-5)3-15-7-11-10-6(14-2)16-7/h3H2,1-2H3. The molecule has 0 aromatic carbocycles. The van der Waals surface area contributed by atoms with Crippen LogP contribution in [0.1, 0.15) is 5.89 Å². The normalized spacial score (nSPS) is 10.9. The van der Waals surface area contributed by atoms with E-state index in [4.69, 9.17) is 4.42 Å². The lowest BCUT2D eigenvalue weighted by atomic mass is 10.8. The van der Waals surface area contributed by atoms with Crippen molar-refractivity contribution in [2.24, 2.45) is 0 Å². The molecule has 0 amide bonds. The van der Waals surface area contributed by atoms with Gasteiger partial charge >= 0.3 is 0 Å². The first kappa shape index (κ1) is 12.2. The van der Waals surface area contributed by atoms with Crippen LogP contribution in [0.3, 0.4) is 0 Å². The minimum absolute atomic E-state index is 0.595. The van der Waals surface area contributed by atoms with Gasteiger partial charge in [0.05, 0.1) is 5.75 Å². The summed E-state index contributed by atoms with van der Waals surface area (Å²) in [5, 5.41) is 16.4. The van der Waals surface area contributed by atoms with E-state index in [0.29, 0.717) is 16.9 Å². The average Bonchev–Trinajstić information content (AvgIpc) is 2.95. The van der Waals surface area contributed by atoms with Crippen LogP contribution < -0.4 is 0 Å². The third-order valence-corrected chi connectivity index (χ3v) is 5.04. The van der Waals surface area contributed by atoms with Gasteiger partial charge in [-0.3, -0.25) is 0 Å². The van der Waals surface area contributed by atoms with Gasteiger partial charge in [-0.15, -0.1) is 20.4 Å². The molecule has 2 aromatic rings. The molecule has 0 radical (unpaired) electrons. The summed E-state index contributed by atoms with van der Waals surface area (Å²) < 4.78 is 7.25. The lowest BCUT2D eigenvalue weighted by molar-refractivity contribution is 0.427. The molecule has 0 saturated heterocycles. The second-order valence-corrected chi connectivity index (χ2v) is 6.50. The van der Waals surface area contributed by atoms with E-state index in [9.17, 15) is 0 Å². The van der Waals surface area contributed by atoms with Crippen molar-refractivity contribution < 1.29 is 4.42 Å². The molecule has 2 aromatic heterocycles. The summed E-state index contributed by atoms with van der Waals surface area (Å²) >= 11 is 6.17. The van der Waals surface area contributed by atoms with Crippen LogP contribution in [0, 0.1) is 0 Å². The molecule has 0 saturated carbocycles. The summed E-state index contributed by atoms with van der Waals surface area (Å²) in [5.41, 5.74) is 0. The first-order chi connectivity index (χ1) is 7.81. The zero-order chi connectivity index (χ0) is 11.4. The van der Waals surface area contributed by atoms with Crippen molar-refractivity contribution >= 4 is 46.6 Å². The van der Waals surface area contributed by atoms with Crippen LogP contribution >= 0.6 is 46.6 Å². The Bertz CT molecular complexity index is 414. The van der Waals surface area contributed by atoms with E-state index < -0.39 is 0 Å². The molecular weight excluding hydrogens is 284 g/mol. The van der Waals surface area contributed by atoms with E-state index in [1.807, 2.05) is 12.5 Å².